The second-order valence-electron chi connectivity index (χ2n) is 5.48. The molecule has 18 heavy (non-hydrogen) atoms. The molecule has 0 aliphatic carbocycles. The molecule has 1 N–H and O–H groups in total. The van der Waals surface area contributed by atoms with Crippen LogP contribution in [-0.2, 0) is 0 Å². The molecule has 0 radical (unpaired) electrons. The molecule has 0 saturated carbocycles. The summed E-state index contributed by atoms with van der Waals surface area (Å²) >= 11 is 0. The Morgan fingerprint density at radius 1 is 1.06 bits per heavy atom. The molecule has 1 aromatic rings. The van der Waals surface area contributed by atoms with Gasteiger partial charge in [0.1, 0.15) is 11.6 Å². The van der Waals surface area contributed by atoms with Crippen LogP contribution in [0.4, 0.5) is 8.78 Å². The summed E-state index contributed by atoms with van der Waals surface area (Å²) in [5, 5.41) is 3.35. The molecule has 2 atom stereocenters. The van der Waals surface area contributed by atoms with Crippen molar-refractivity contribution in [3.05, 3.63) is 35.4 Å². The van der Waals surface area contributed by atoms with E-state index in [1.54, 1.807) is 0 Å². The molecule has 0 fully saturated rings. The van der Waals surface area contributed by atoms with E-state index in [9.17, 15) is 8.78 Å². The summed E-state index contributed by atoms with van der Waals surface area (Å²) in [7, 11) is 0. The highest BCUT2D eigenvalue weighted by Gasteiger charge is 2.18. The third-order valence-corrected chi connectivity index (χ3v) is 3.32. The lowest BCUT2D eigenvalue weighted by Crippen LogP contribution is -2.27. The minimum atomic E-state index is -0.374. The maximum atomic E-state index is 13.6. The first-order valence-electron chi connectivity index (χ1n) is 6.57. The molecule has 1 nitrogen and oxygen atoms in total. The van der Waals surface area contributed by atoms with Gasteiger partial charge in [-0.05, 0) is 54.6 Å². The molecule has 0 bridgehead atoms. The van der Waals surface area contributed by atoms with Crippen LogP contribution in [0.15, 0.2) is 18.2 Å². The fraction of sp³-hybridized carbons (Fsp3) is 0.600. The Hall–Kier alpha value is -0.960. The molecule has 0 aliphatic heterocycles. The predicted octanol–water partition coefficient (Wildman–Crippen LogP) is 3.95. The van der Waals surface area contributed by atoms with Gasteiger partial charge in [-0.25, -0.2) is 8.78 Å². The minimum Gasteiger partial charge on any atom is -0.316 e. The van der Waals surface area contributed by atoms with Crippen LogP contribution in [0.3, 0.4) is 0 Å². The number of rotatable bonds is 6. The Morgan fingerprint density at radius 3 is 2.33 bits per heavy atom. The first kappa shape index (κ1) is 15.1. The van der Waals surface area contributed by atoms with Gasteiger partial charge in [-0.1, -0.05) is 27.7 Å². The zero-order chi connectivity index (χ0) is 13.7. The van der Waals surface area contributed by atoms with Crippen molar-refractivity contribution in [3.63, 3.8) is 0 Å². The van der Waals surface area contributed by atoms with Gasteiger partial charge in [0.25, 0.3) is 0 Å². The molecule has 0 saturated heterocycles. The van der Waals surface area contributed by atoms with Crippen LogP contribution in [0.1, 0.15) is 39.2 Å². The molecule has 0 heterocycles. The van der Waals surface area contributed by atoms with Crippen LogP contribution in [-0.4, -0.2) is 13.1 Å². The largest absolute Gasteiger partial charge is 0.316 e. The maximum absolute atomic E-state index is 13.6. The smallest absolute Gasteiger partial charge is 0.126 e. The van der Waals surface area contributed by atoms with Gasteiger partial charge in [-0.15, -0.1) is 0 Å². The van der Waals surface area contributed by atoms with E-state index >= 15 is 0 Å². The first-order chi connectivity index (χ1) is 8.41. The summed E-state index contributed by atoms with van der Waals surface area (Å²) in [5.41, 5.74) is 0.467. The predicted molar refractivity (Wildman–Crippen MR) is 71.6 cm³/mol. The summed E-state index contributed by atoms with van der Waals surface area (Å²) in [6, 6.07) is 3.67. The first-order valence-corrected chi connectivity index (χ1v) is 6.57. The standard InChI is InChI=1S/C15H23F2N/c1-10(2)8-18-9-11(3)12(4)14-7-13(16)5-6-15(14)17/h5-7,10-12,18H,8-9H2,1-4H3. The second kappa shape index (κ2) is 6.83. The zero-order valence-electron chi connectivity index (χ0n) is 11.6. The Bertz CT molecular complexity index is 377. The van der Waals surface area contributed by atoms with Gasteiger partial charge in [-0.2, -0.15) is 0 Å². The van der Waals surface area contributed by atoms with E-state index in [1.807, 2.05) is 6.92 Å². The highest BCUT2D eigenvalue weighted by Crippen LogP contribution is 2.26. The molecule has 3 heteroatoms. The SMILES string of the molecule is CC(C)CNCC(C)C(C)c1cc(F)ccc1F. The average Bonchev–Trinajstić information content (AvgIpc) is 2.30. The van der Waals surface area contributed by atoms with Crippen molar-refractivity contribution in [3.8, 4) is 0 Å². The van der Waals surface area contributed by atoms with Crippen molar-refractivity contribution in [1.29, 1.82) is 0 Å². The molecule has 0 spiro atoms. The lowest BCUT2D eigenvalue weighted by atomic mass is 9.88. The summed E-state index contributed by atoms with van der Waals surface area (Å²) in [5.74, 6) is 0.166. The van der Waals surface area contributed by atoms with Crippen LogP contribution < -0.4 is 5.32 Å². The van der Waals surface area contributed by atoms with Crippen molar-refractivity contribution in [1.82, 2.24) is 5.32 Å². The summed E-state index contributed by atoms with van der Waals surface area (Å²) in [6.45, 7) is 10.1. The third-order valence-electron chi connectivity index (χ3n) is 3.32. The fourth-order valence-electron chi connectivity index (χ4n) is 1.95. The second-order valence-corrected chi connectivity index (χ2v) is 5.48. The Kier molecular flexibility index (Phi) is 5.73. The van der Waals surface area contributed by atoms with Crippen LogP contribution in [0.25, 0.3) is 0 Å². The van der Waals surface area contributed by atoms with Gasteiger partial charge in [0.05, 0.1) is 0 Å². The van der Waals surface area contributed by atoms with Crippen molar-refractivity contribution in [2.75, 3.05) is 13.1 Å². The summed E-state index contributed by atoms with van der Waals surface area (Å²) < 4.78 is 26.8. The van der Waals surface area contributed by atoms with Gasteiger partial charge in [0.2, 0.25) is 0 Å². The van der Waals surface area contributed by atoms with Crippen molar-refractivity contribution in [2.24, 2.45) is 11.8 Å². The highest BCUT2D eigenvalue weighted by atomic mass is 19.1. The molecule has 1 aromatic carbocycles. The lowest BCUT2D eigenvalue weighted by Gasteiger charge is -2.22. The monoisotopic (exact) mass is 255 g/mol. The quantitative estimate of drug-likeness (QED) is 0.811. The average molecular weight is 255 g/mol. The van der Waals surface area contributed by atoms with Crippen LogP contribution in [0, 0.1) is 23.5 Å². The lowest BCUT2D eigenvalue weighted by molar-refractivity contribution is 0.417. The van der Waals surface area contributed by atoms with Gasteiger partial charge in [0.15, 0.2) is 0 Å². The van der Waals surface area contributed by atoms with E-state index in [1.165, 1.54) is 12.1 Å². The highest BCUT2D eigenvalue weighted by molar-refractivity contribution is 5.22. The minimum absolute atomic E-state index is 0.000335. The van der Waals surface area contributed by atoms with E-state index < -0.39 is 0 Å². The Labute approximate surface area is 109 Å². The van der Waals surface area contributed by atoms with E-state index in [-0.39, 0.29) is 23.5 Å². The maximum Gasteiger partial charge on any atom is 0.126 e. The van der Waals surface area contributed by atoms with Crippen LogP contribution in [0.2, 0.25) is 0 Å². The van der Waals surface area contributed by atoms with Gasteiger partial charge >= 0.3 is 0 Å². The molecule has 2 unspecified atom stereocenters. The molecule has 1 rings (SSSR count). The Morgan fingerprint density at radius 2 is 1.72 bits per heavy atom. The van der Waals surface area contributed by atoms with E-state index in [2.05, 4.69) is 26.1 Å². The van der Waals surface area contributed by atoms with Crippen LogP contribution in [0.5, 0.6) is 0 Å². The number of benzene rings is 1. The topological polar surface area (TPSA) is 12.0 Å². The molecule has 0 aromatic heterocycles. The summed E-state index contributed by atoms with van der Waals surface area (Å²) in [4.78, 5) is 0. The fourth-order valence-corrected chi connectivity index (χ4v) is 1.95. The zero-order valence-corrected chi connectivity index (χ0v) is 11.6. The number of halogens is 2. The molecule has 102 valence electrons. The number of hydrogen-bond acceptors (Lipinski definition) is 1. The normalized spacial score (nSPS) is 14.8. The van der Waals surface area contributed by atoms with Crippen molar-refractivity contribution < 1.29 is 8.78 Å². The molecule has 0 amide bonds. The van der Waals surface area contributed by atoms with Crippen molar-refractivity contribution in [2.45, 2.75) is 33.6 Å². The third kappa shape index (κ3) is 4.37. The molecular formula is C15H23F2N. The van der Waals surface area contributed by atoms with Gasteiger partial charge < -0.3 is 5.32 Å². The van der Waals surface area contributed by atoms with E-state index in [0.717, 1.165) is 19.2 Å². The summed E-state index contributed by atoms with van der Waals surface area (Å²) in [6.07, 6.45) is 0. The molecule has 0 aliphatic rings. The number of nitrogens with one attached hydrogen (secondary N) is 1. The van der Waals surface area contributed by atoms with E-state index in [0.29, 0.717) is 11.5 Å². The van der Waals surface area contributed by atoms with Gasteiger partial charge in [-0.3, -0.25) is 0 Å². The Balaban J connectivity index is 2.62. The molecular weight excluding hydrogens is 232 g/mol. The van der Waals surface area contributed by atoms with E-state index in [4.69, 9.17) is 0 Å². The van der Waals surface area contributed by atoms with Gasteiger partial charge in [0, 0.05) is 0 Å². The van der Waals surface area contributed by atoms with Crippen LogP contribution >= 0.6 is 0 Å². The number of hydrogen-bond donors (Lipinski definition) is 1. The van der Waals surface area contributed by atoms with Crippen molar-refractivity contribution >= 4 is 0 Å².